The summed E-state index contributed by atoms with van der Waals surface area (Å²) in [6.07, 6.45) is -21.5. The van der Waals surface area contributed by atoms with E-state index in [1.54, 1.807) is 0 Å². The zero-order chi connectivity index (χ0) is 39.4. The molecular weight excluding hydrogens is 724 g/mol. The average Bonchev–Trinajstić information content (AvgIpc) is 3.14. The van der Waals surface area contributed by atoms with Gasteiger partial charge in [0.1, 0.15) is 67.6 Å². The molecule has 0 aromatic heterocycles. The number of aromatic hydroxyl groups is 4. The fourth-order valence-electron chi connectivity index (χ4n) is 6.09. The van der Waals surface area contributed by atoms with Crippen LogP contribution in [0.1, 0.15) is 25.0 Å². The maximum absolute atomic E-state index is 12.9. The van der Waals surface area contributed by atoms with Crippen LogP contribution < -0.4 is 0 Å². The molecule has 0 unspecified atom stereocenters. The Morgan fingerprint density at radius 2 is 1.20 bits per heavy atom. The normalized spacial score (nSPS) is 37.3. The Kier molecular flexibility index (Phi) is 13.7. The summed E-state index contributed by atoms with van der Waals surface area (Å²) in [5.74, 6) is -2.45. The molecule has 5 rings (SSSR count). The number of carbonyl (C=O) groups is 1. The lowest BCUT2D eigenvalue weighted by Gasteiger charge is -2.49. The van der Waals surface area contributed by atoms with E-state index in [2.05, 4.69) is 0 Å². The zero-order valence-electron chi connectivity index (χ0n) is 29.1. The van der Waals surface area contributed by atoms with Gasteiger partial charge in [-0.05, 0) is 61.7 Å². The number of ether oxygens (including phenoxy) is 7. The Balaban J connectivity index is 1.42. The fraction of sp³-hybridized carbons (Fsp3) is 0.571. The second-order valence-corrected chi connectivity index (χ2v) is 13.3. The third-order valence-corrected chi connectivity index (χ3v) is 9.33. The van der Waals surface area contributed by atoms with Gasteiger partial charge in [0.25, 0.3) is 0 Å². The van der Waals surface area contributed by atoms with Crippen molar-refractivity contribution in [3.05, 3.63) is 53.6 Å². The molecule has 0 aliphatic carbocycles. The summed E-state index contributed by atoms with van der Waals surface area (Å²) in [5, 5.41) is 113. The lowest BCUT2D eigenvalue weighted by molar-refractivity contribution is -0.384. The summed E-state index contributed by atoms with van der Waals surface area (Å²) >= 11 is 0. The first-order valence-electron chi connectivity index (χ1n) is 17.1. The van der Waals surface area contributed by atoms with Gasteiger partial charge in [-0.1, -0.05) is 12.1 Å². The second kappa shape index (κ2) is 17.9. The number of carbonyl (C=O) groups excluding carboxylic acids is 1. The zero-order valence-corrected chi connectivity index (χ0v) is 29.1. The van der Waals surface area contributed by atoms with Crippen molar-refractivity contribution in [1.29, 1.82) is 0 Å². The Bertz CT molecular complexity index is 1590. The molecular formula is C35H46O19. The van der Waals surface area contributed by atoms with Gasteiger partial charge in [0.2, 0.25) is 0 Å². The summed E-state index contributed by atoms with van der Waals surface area (Å²) in [6, 6.07) is 7.90. The number of hydrogen-bond acceptors (Lipinski definition) is 19. The van der Waals surface area contributed by atoms with E-state index in [9.17, 15) is 61.0 Å². The predicted octanol–water partition coefficient (Wildman–Crippen LogP) is -2.16. The van der Waals surface area contributed by atoms with Crippen molar-refractivity contribution in [2.24, 2.45) is 0 Å². The Morgan fingerprint density at radius 1 is 0.648 bits per heavy atom. The number of benzene rings is 2. The van der Waals surface area contributed by atoms with E-state index in [0.717, 1.165) is 6.08 Å². The molecule has 2 aromatic carbocycles. The molecule has 0 radical (unpaired) electrons. The molecule has 3 saturated heterocycles. The molecule has 2 aromatic rings. The number of esters is 1. The number of aliphatic hydroxyl groups excluding tert-OH is 7. The molecule has 0 amide bonds. The standard InChI is InChI=1S/C35H46O19/c1-14-24(41)26(43)28(45)34(50-14)53-31-22(13-49-23(40)8-5-16-3-6-18(36)20(38)11-16)52-33(48-10-9-17-4-7-19(37)21(39)12-17)30(47)32(31)54-35-29(46)27(44)25(42)15(2)51-35/h3-8,11-12,14-15,22,24-39,41-47H,9-10,13H2,1-2H3/b8-5+/t14-,15-,22+,24-,25-,26+,27+,28+,29+,30+,31+,32+,33+,34-,35-/m0/s1. The molecule has 0 saturated carbocycles. The number of phenolic OH excluding ortho intramolecular Hbond substituents is 4. The van der Waals surface area contributed by atoms with E-state index in [1.165, 1.54) is 56.3 Å². The summed E-state index contributed by atoms with van der Waals surface area (Å²) in [7, 11) is 0. The van der Waals surface area contributed by atoms with Crippen LogP contribution in [0, 0.1) is 0 Å². The molecule has 3 aliphatic rings. The lowest BCUT2D eigenvalue weighted by atomic mass is 9.96. The monoisotopic (exact) mass is 770 g/mol. The molecule has 19 nitrogen and oxygen atoms in total. The molecule has 0 spiro atoms. The van der Waals surface area contributed by atoms with Crippen molar-refractivity contribution < 1.29 is 94.1 Å². The van der Waals surface area contributed by atoms with E-state index in [1.807, 2.05) is 0 Å². The third kappa shape index (κ3) is 9.58. The van der Waals surface area contributed by atoms with Crippen molar-refractivity contribution in [3.63, 3.8) is 0 Å². The van der Waals surface area contributed by atoms with Gasteiger partial charge in [0.15, 0.2) is 41.9 Å². The second-order valence-electron chi connectivity index (χ2n) is 13.3. The fourth-order valence-corrected chi connectivity index (χ4v) is 6.09. The largest absolute Gasteiger partial charge is 0.504 e. The van der Waals surface area contributed by atoms with E-state index in [-0.39, 0.29) is 30.3 Å². The molecule has 3 aliphatic heterocycles. The maximum atomic E-state index is 12.9. The first-order valence-corrected chi connectivity index (χ1v) is 17.1. The van der Waals surface area contributed by atoms with Crippen molar-refractivity contribution in [2.75, 3.05) is 13.2 Å². The number of hydrogen-bond donors (Lipinski definition) is 11. The summed E-state index contributed by atoms with van der Waals surface area (Å²) in [6.45, 7) is 1.98. The molecule has 0 bridgehead atoms. The van der Waals surface area contributed by atoms with E-state index in [4.69, 9.17) is 33.2 Å². The first kappa shape index (κ1) is 41.5. The van der Waals surface area contributed by atoms with E-state index in [0.29, 0.717) is 11.1 Å². The van der Waals surface area contributed by atoms with Crippen molar-refractivity contribution >= 4 is 12.0 Å². The molecule has 300 valence electrons. The van der Waals surface area contributed by atoms with E-state index < -0.39 is 110 Å². The summed E-state index contributed by atoms with van der Waals surface area (Å²) in [5.41, 5.74) is 0.859. The molecule has 3 fully saturated rings. The highest BCUT2D eigenvalue weighted by Crippen LogP contribution is 2.34. The third-order valence-electron chi connectivity index (χ3n) is 9.33. The average molecular weight is 771 g/mol. The molecule has 3 heterocycles. The van der Waals surface area contributed by atoms with Crippen LogP contribution in [0.3, 0.4) is 0 Å². The van der Waals surface area contributed by atoms with Crippen LogP contribution in [-0.4, -0.2) is 167 Å². The molecule has 54 heavy (non-hydrogen) atoms. The topological polar surface area (TPSA) is 304 Å². The predicted molar refractivity (Wildman–Crippen MR) is 178 cm³/mol. The summed E-state index contributed by atoms with van der Waals surface area (Å²) < 4.78 is 40.6. The van der Waals surface area contributed by atoms with Gasteiger partial charge in [-0.3, -0.25) is 0 Å². The van der Waals surface area contributed by atoms with Crippen molar-refractivity contribution in [2.45, 2.75) is 112 Å². The van der Waals surface area contributed by atoms with Crippen LogP contribution in [0.15, 0.2) is 42.5 Å². The lowest BCUT2D eigenvalue weighted by Crippen LogP contribution is -2.66. The Labute approximate surface area is 308 Å². The number of aliphatic hydroxyl groups is 7. The van der Waals surface area contributed by atoms with Crippen molar-refractivity contribution in [1.82, 2.24) is 0 Å². The van der Waals surface area contributed by atoms with Crippen LogP contribution in [0.2, 0.25) is 0 Å². The van der Waals surface area contributed by atoms with Gasteiger partial charge in [-0.2, -0.15) is 0 Å². The van der Waals surface area contributed by atoms with Crippen molar-refractivity contribution in [3.8, 4) is 23.0 Å². The molecule has 11 N–H and O–H groups in total. The van der Waals surface area contributed by atoms with Gasteiger partial charge >= 0.3 is 5.97 Å². The van der Waals surface area contributed by atoms with Gasteiger partial charge in [-0.25, -0.2) is 4.79 Å². The number of phenols is 4. The smallest absolute Gasteiger partial charge is 0.330 e. The van der Waals surface area contributed by atoms with Crippen LogP contribution in [0.4, 0.5) is 0 Å². The minimum Gasteiger partial charge on any atom is -0.504 e. The minimum atomic E-state index is -1.86. The van der Waals surface area contributed by atoms with Gasteiger partial charge < -0.3 is 89.3 Å². The first-order chi connectivity index (χ1) is 25.5. The molecule has 15 atom stereocenters. The Morgan fingerprint density at radius 3 is 1.78 bits per heavy atom. The quantitative estimate of drug-likeness (QED) is 0.0622. The maximum Gasteiger partial charge on any atom is 0.330 e. The minimum absolute atomic E-state index is 0.134. The van der Waals surface area contributed by atoms with E-state index >= 15 is 0 Å². The highest BCUT2D eigenvalue weighted by molar-refractivity contribution is 5.87. The van der Waals surface area contributed by atoms with Crippen LogP contribution in [-0.2, 0) is 44.4 Å². The van der Waals surface area contributed by atoms with Gasteiger partial charge in [-0.15, -0.1) is 0 Å². The van der Waals surface area contributed by atoms with Crippen LogP contribution in [0.5, 0.6) is 23.0 Å². The number of rotatable bonds is 12. The van der Waals surface area contributed by atoms with Crippen LogP contribution in [0.25, 0.3) is 6.08 Å². The Hall–Kier alpha value is -3.67. The van der Waals surface area contributed by atoms with Gasteiger partial charge in [0, 0.05) is 6.08 Å². The highest BCUT2D eigenvalue weighted by atomic mass is 16.8. The summed E-state index contributed by atoms with van der Waals surface area (Å²) in [4.78, 5) is 12.9. The van der Waals surface area contributed by atoms with Crippen LogP contribution >= 0.6 is 0 Å². The molecule has 19 heteroatoms. The highest BCUT2D eigenvalue weighted by Gasteiger charge is 2.54. The van der Waals surface area contributed by atoms with Gasteiger partial charge in [0.05, 0.1) is 18.8 Å². The SMILES string of the molecule is C[C@@H]1O[C@@H](O[C@@H]2[C@@H](O)[C@H](OCCc3ccc(O)c(O)c3)O[C@H](COC(=O)/C=C/c3ccc(O)c(O)c3)[C@H]2O[C@@H]2O[C@@H](C)[C@H](O)[C@@H](O)[C@H]2O)[C@H](O)[C@H](O)[C@H]1O.